The highest BCUT2D eigenvalue weighted by Gasteiger charge is 2.10. The molecule has 0 radical (unpaired) electrons. The molecule has 66 valence electrons. The van der Waals surface area contributed by atoms with E-state index in [0.717, 1.165) is 0 Å². The smallest absolute Gasteiger partial charge is 0.271 e. The molecule has 0 fully saturated rings. The van der Waals surface area contributed by atoms with E-state index in [9.17, 15) is 4.79 Å². The van der Waals surface area contributed by atoms with Crippen LogP contribution in [0.25, 0.3) is 0 Å². The van der Waals surface area contributed by atoms with Crippen LogP contribution in [0.1, 0.15) is 10.5 Å². The fourth-order valence-corrected chi connectivity index (χ4v) is 0.957. The van der Waals surface area contributed by atoms with Gasteiger partial charge >= 0.3 is 0 Å². The van der Waals surface area contributed by atoms with E-state index in [0.29, 0.717) is 5.69 Å². The number of carbonyl (C=O) groups is 1. The minimum Gasteiger partial charge on any atom is -0.271 e. The van der Waals surface area contributed by atoms with Crippen molar-refractivity contribution in [2.75, 3.05) is 0 Å². The molecule has 6 nitrogen and oxygen atoms in total. The highest BCUT2D eigenvalue weighted by molar-refractivity contribution is 5.93. The molecule has 0 aliphatic heterocycles. The second-order valence-electron chi connectivity index (χ2n) is 2.55. The summed E-state index contributed by atoms with van der Waals surface area (Å²) in [6.45, 7) is 0. The van der Waals surface area contributed by atoms with Gasteiger partial charge in [-0.3, -0.25) is 14.0 Å². The maximum Gasteiger partial charge on any atom is 0.285 e. The summed E-state index contributed by atoms with van der Waals surface area (Å²) in [5, 5.41) is 7.35. The summed E-state index contributed by atoms with van der Waals surface area (Å²) in [5.74, 6) is -0.231. The first kappa shape index (κ1) is 7.66. The molecule has 0 aromatic carbocycles. The van der Waals surface area contributed by atoms with Crippen molar-refractivity contribution in [1.82, 2.24) is 24.5 Å². The molecule has 2 aromatic heterocycles. The molecule has 2 heterocycles. The SMILES string of the molecule is Cn1cc(C(=O)n2ccnc2)nn1. The summed E-state index contributed by atoms with van der Waals surface area (Å²) in [4.78, 5) is 15.3. The van der Waals surface area contributed by atoms with Crippen LogP contribution >= 0.6 is 0 Å². The summed E-state index contributed by atoms with van der Waals surface area (Å²) in [5.41, 5.74) is 0.306. The molecule has 2 aromatic rings. The van der Waals surface area contributed by atoms with Gasteiger partial charge < -0.3 is 0 Å². The van der Waals surface area contributed by atoms with Crippen LogP contribution in [-0.4, -0.2) is 30.5 Å². The zero-order chi connectivity index (χ0) is 9.26. The molecule has 0 amide bonds. The largest absolute Gasteiger partial charge is 0.285 e. The number of imidazole rings is 1. The molecule has 0 unspecified atom stereocenters. The minimum absolute atomic E-state index is 0.231. The summed E-state index contributed by atoms with van der Waals surface area (Å²) >= 11 is 0. The van der Waals surface area contributed by atoms with Crippen LogP contribution in [-0.2, 0) is 7.05 Å². The molecule has 0 atom stereocenters. The molecule has 0 aliphatic carbocycles. The lowest BCUT2D eigenvalue weighted by Crippen LogP contribution is -2.10. The van der Waals surface area contributed by atoms with E-state index in [1.54, 1.807) is 19.4 Å². The first-order valence-corrected chi connectivity index (χ1v) is 3.66. The lowest BCUT2D eigenvalue weighted by atomic mass is 10.4. The van der Waals surface area contributed by atoms with E-state index in [1.165, 1.54) is 21.8 Å². The van der Waals surface area contributed by atoms with Crippen LogP contribution in [0.4, 0.5) is 0 Å². The monoisotopic (exact) mass is 177 g/mol. The Morgan fingerprint density at radius 1 is 1.54 bits per heavy atom. The Morgan fingerprint density at radius 3 is 2.92 bits per heavy atom. The van der Waals surface area contributed by atoms with Gasteiger partial charge in [-0.15, -0.1) is 5.10 Å². The molecular weight excluding hydrogens is 170 g/mol. The molecule has 2 rings (SSSR count). The van der Waals surface area contributed by atoms with Crippen molar-refractivity contribution in [2.45, 2.75) is 0 Å². The summed E-state index contributed by atoms with van der Waals surface area (Å²) in [6, 6.07) is 0. The molecule has 6 heteroatoms. The van der Waals surface area contributed by atoms with Crippen molar-refractivity contribution in [3.8, 4) is 0 Å². The van der Waals surface area contributed by atoms with Gasteiger partial charge in [-0.25, -0.2) is 4.98 Å². The Labute approximate surface area is 73.8 Å². The fourth-order valence-electron chi connectivity index (χ4n) is 0.957. The van der Waals surface area contributed by atoms with E-state index < -0.39 is 0 Å². The first-order chi connectivity index (χ1) is 6.27. The van der Waals surface area contributed by atoms with Crippen molar-refractivity contribution in [1.29, 1.82) is 0 Å². The second kappa shape index (κ2) is 2.81. The standard InChI is InChI=1S/C7H7N5O/c1-11-4-6(9-10-11)7(13)12-3-2-8-5-12/h2-5H,1H3. The van der Waals surface area contributed by atoms with Crippen molar-refractivity contribution in [3.63, 3.8) is 0 Å². The minimum atomic E-state index is -0.231. The average molecular weight is 177 g/mol. The quantitative estimate of drug-likeness (QED) is 0.599. The predicted octanol–water partition coefficient (Wildman–Crippen LogP) is -0.300. The van der Waals surface area contributed by atoms with Gasteiger partial charge in [-0.1, -0.05) is 5.21 Å². The molecule has 0 spiro atoms. The van der Waals surface area contributed by atoms with Gasteiger partial charge in [0, 0.05) is 19.4 Å². The van der Waals surface area contributed by atoms with Crippen LogP contribution in [0.15, 0.2) is 24.9 Å². The molecular formula is C7H7N5O. The Morgan fingerprint density at radius 2 is 2.38 bits per heavy atom. The third kappa shape index (κ3) is 1.33. The lowest BCUT2D eigenvalue weighted by molar-refractivity contribution is 0.0954. The van der Waals surface area contributed by atoms with Crippen molar-refractivity contribution in [3.05, 3.63) is 30.6 Å². The average Bonchev–Trinajstić information content (AvgIpc) is 2.72. The third-order valence-corrected chi connectivity index (χ3v) is 1.56. The zero-order valence-corrected chi connectivity index (χ0v) is 6.95. The van der Waals surface area contributed by atoms with Crippen LogP contribution in [0.5, 0.6) is 0 Å². The van der Waals surface area contributed by atoms with Gasteiger partial charge in [0.25, 0.3) is 5.91 Å². The number of carbonyl (C=O) groups excluding carboxylic acids is 1. The predicted molar refractivity (Wildman–Crippen MR) is 43.0 cm³/mol. The fraction of sp³-hybridized carbons (Fsp3) is 0.143. The number of nitrogens with zero attached hydrogens (tertiary/aromatic N) is 5. The third-order valence-electron chi connectivity index (χ3n) is 1.56. The Hall–Kier alpha value is -1.98. The number of hydrogen-bond acceptors (Lipinski definition) is 4. The van der Waals surface area contributed by atoms with Gasteiger partial charge in [0.1, 0.15) is 6.33 Å². The normalized spacial score (nSPS) is 10.2. The summed E-state index contributed by atoms with van der Waals surface area (Å²) in [7, 11) is 1.71. The molecule has 0 N–H and O–H groups in total. The van der Waals surface area contributed by atoms with E-state index in [1.807, 2.05) is 0 Å². The second-order valence-corrected chi connectivity index (χ2v) is 2.55. The van der Waals surface area contributed by atoms with Gasteiger partial charge in [0.15, 0.2) is 5.69 Å². The number of aromatic nitrogens is 5. The summed E-state index contributed by atoms with van der Waals surface area (Å²) in [6.07, 6.45) is 6.09. The van der Waals surface area contributed by atoms with Crippen molar-refractivity contribution < 1.29 is 4.79 Å². The number of rotatable bonds is 1. The topological polar surface area (TPSA) is 65.6 Å². The van der Waals surface area contributed by atoms with Gasteiger partial charge in [-0.2, -0.15) is 0 Å². The molecule has 0 bridgehead atoms. The Balaban J connectivity index is 2.33. The number of hydrogen-bond donors (Lipinski definition) is 0. The molecule has 13 heavy (non-hydrogen) atoms. The van der Waals surface area contributed by atoms with E-state index in [-0.39, 0.29) is 5.91 Å². The van der Waals surface area contributed by atoms with Crippen molar-refractivity contribution >= 4 is 5.91 Å². The van der Waals surface area contributed by atoms with Crippen LogP contribution in [0.3, 0.4) is 0 Å². The highest BCUT2D eigenvalue weighted by Crippen LogP contribution is 1.96. The van der Waals surface area contributed by atoms with Crippen LogP contribution in [0, 0.1) is 0 Å². The molecule has 0 saturated carbocycles. The molecule has 0 saturated heterocycles. The maximum atomic E-state index is 11.5. The summed E-state index contributed by atoms with van der Waals surface area (Å²) < 4.78 is 2.83. The van der Waals surface area contributed by atoms with Gasteiger partial charge in [0.05, 0.1) is 6.20 Å². The van der Waals surface area contributed by atoms with Gasteiger partial charge in [0.2, 0.25) is 0 Å². The maximum absolute atomic E-state index is 11.5. The lowest BCUT2D eigenvalue weighted by Gasteiger charge is -1.93. The van der Waals surface area contributed by atoms with E-state index >= 15 is 0 Å². The Kier molecular flexibility index (Phi) is 1.66. The zero-order valence-electron chi connectivity index (χ0n) is 6.95. The van der Waals surface area contributed by atoms with Gasteiger partial charge in [-0.05, 0) is 0 Å². The van der Waals surface area contributed by atoms with Crippen LogP contribution < -0.4 is 0 Å². The van der Waals surface area contributed by atoms with Crippen molar-refractivity contribution in [2.24, 2.45) is 7.05 Å². The Bertz CT molecular complexity index is 416. The van der Waals surface area contributed by atoms with Crippen LogP contribution in [0.2, 0.25) is 0 Å². The van der Waals surface area contributed by atoms with E-state index in [2.05, 4.69) is 15.3 Å². The van der Waals surface area contributed by atoms with E-state index in [4.69, 9.17) is 0 Å². The first-order valence-electron chi connectivity index (χ1n) is 3.66. The number of aryl methyl sites for hydroxylation is 1. The highest BCUT2D eigenvalue weighted by atomic mass is 16.2. The molecule has 0 aliphatic rings.